The lowest BCUT2D eigenvalue weighted by Crippen LogP contribution is -2.10. The highest BCUT2D eigenvalue weighted by atomic mass is 35.5. The van der Waals surface area contributed by atoms with Gasteiger partial charge in [-0.15, -0.1) is 12.4 Å². The lowest BCUT2D eigenvalue weighted by atomic mass is 10.1. The number of benzene rings is 1. The maximum atomic E-state index is 12.4. The van der Waals surface area contributed by atoms with Crippen LogP contribution >= 0.6 is 12.4 Å². The molecule has 0 saturated heterocycles. The van der Waals surface area contributed by atoms with E-state index in [1.54, 1.807) is 33.3 Å². The topological polar surface area (TPSA) is 82.6 Å². The second-order valence-electron chi connectivity index (χ2n) is 5.78. The summed E-state index contributed by atoms with van der Waals surface area (Å²) in [5.41, 5.74) is 2.95. The van der Waals surface area contributed by atoms with Crippen LogP contribution in [0.3, 0.4) is 0 Å². The number of halogens is 1. The number of carbonyl (C=O) groups excluding carboxylic acids is 1. The molecule has 1 aromatic carbocycles. The molecule has 28 heavy (non-hydrogen) atoms. The molecule has 148 valence electrons. The molecule has 0 aliphatic heterocycles. The first-order chi connectivity index (χ1) is 13.1. The zero-order chi connectivity index (χ0) is 19.4. The third-order valence-corrected chi connectivity index (χ3v) is 4.03. The number of aromatic nitrogens is 2. The van der Waals surface area contributed by atoms with Gasteiger partial charge in [0.2, 0.25) is 0 Å². The van der Waals surface area contributed by atoms with Gasteiger partial charge >= 0.3 is 5.97 Å². The number of anilines is 2. The van der Waals surface area contributed by atoms with E-state index in [-0.39, 0.29) is 19.0 Å². The number of nitrogens with zero attached hydrogens (tertiary/aromatic N) is 2. The largest absolute Gasteiger partial charge is 0.497 e. The first kappa shape index (κ1) is 21.2. The quantitative estimate of drug-likeness (QED) is 0.614. The SMILES string of the molecule is CCOC(=O)c1cnc2nc(C)ccc2c1Nc1ccc(OC)cc1OC.Cl. The Labute approximate surface area is 169 Å². The lowest BCUT2D eigenvalue weighted by Gasteiger charge is -2.16. The second kappa shape index (κ2) is 9.23. The Morgan fingerprint density at radius 1 is 1.14 bits per heavy atom. The highest BCUT2D eigenvalue weighted by Crippen LogP contribution is 2.35. The fourth-order valence-electron chi connectivity index (χ4n) is 2.71. The van der Waals surface area contributed by atoms with E-state index in [1.807, 2.05) is 25.1 Å². The zero-order valence-electron chi connectivity index (χ0n) is 16.1. The number of aryl methyl sites for hydroxylation is 1. The molecule has 0 unspecified atom stereocenters. The first-order valence-corrected chi connectivity index (χ1v) is 8.50. The molecule has 0 saturated carbocycles. The van der Waals surface area contributed by atoms with Crippen molar-refractivity contribution in [1.82, 2.24) is 9.97 Å². The molecule has 0 bridgehead atoms. The molecule has 7 nitrogen and oxygen atoms in total. The number of esters is 1. The van der Waals surface area contributed by atoms with Crippen molar-refractivity contribution in [2.24, 2.45) is 0 Å². The lowest BCUT2D eigenvalue weighted by molar-refractivity contribution is 0.0527. The standard InChI is InChI=1S/C20H21N3O4.ClH/c1-5-27-20(24)15-11-21-19-14(8-6-12(2)22-19)18(15)23-16-9-7-13(25-3)10-17(16)26-4;/h6-11H,5H2,1-4H3,(H,21,22,23);1H. The van der Waals surface area contributed by atoms with E-state index < -0.39 is 5.97 Å². The summed E-state index contributed by atoms with van der Waals surface area (Å²) in [6.45, 7) is 3.92. The van der Waals surface area contributed by atoms with Crippen LogP contribution in [-0.2, 0) is 4.74 Å². The fourth-order valence-corrected chi connectivity index (χ4v) is 2.71. The van der Waals surface area contributed by atoms with Crippen molar-refractivity contribution in [1.29, 1.82) is 0 Å². The van der Waals surface area contributed by atoms with Crippen LogP contribution in [0.1, 0.15) is 23.0 Å². The smallest absolute Gasteiger partial charge is 0.341 e. The Bertz CT molecular complexity index is 995. The van der Waals surface area contributed by atoms with Gasteiger partial charge in [-0.05, 0) is 38.1 Å². The van der Waals surface area contributed by atoms with Gasteiger partial charge in [0.15, 0.2) is 5.65 Å². The van der Waals surface area contributed by atoms with Gasteiger partial charge in [0.25, 0.3) is 0 Å². The van der Waals surface area contributed by atoms with Crippen molar-refractivity contribution in [2.45, 2.75) is 13.8 Å². The van der Waals surface area contributed by atoms with Gasteiger partial charge in [0.1, 0.15) is 17.1 Å². The number of nitrogens with one attached hydrogen (secondary N) is 1. The highest BCUT2D eigenvalue weighted by molar-refractivity contribution is 6.05. The van der Waals surface area contributed by atoms with E-state index >= 15 is 0 Å². The molecule has 0 atom stereocenters. The summed E-state index contributed by atoms with van der Waals surface area (Å²) in [6, 6.07) is 9.14. The van der Waals surface area contributed by atoms with Crippen LogP contribution in [0.25, 0.3) is 11.0 Å². The van der Waals surface area contributed by atoms with Crippen LogP contribution < -0.4 is 14.8 Å². The average molecular weight is 404 g/mol. The number of pyridine rings is 2. The molecular formula is C20H22ClN3O4. The van der Waals surface area contributed by atoms with Gasteiger partial charge in [0, 0.05) is 23.3 Å². The Morgan fingerprint density at radius 3 is 2.61 bits per heavy atom. The number of hydrogen-bond donors (Lipinski definition) is 1. The van der Waals surface area contributed by atoms with Crippen molar-refractivity contribution in [2.75, 3.05) is 26.1 Å². The molecule has 0 aliphatic rings. The number of rotatable bonds is 6. The van der Waals surface area contributed by atoms with Crippen LogP contribution in [0.15, 0.2) is 36.5 Å². The van der Waals surface area contributed by atoms with Crippen LogP contribution in [0, 0.1) is 6.92 Å². The molecule has 0 fully saturated rings. The van der Waals surface area contributed by atoms with Gasteiger partial charge < -0.3 is 19.5 Å². The Hall–Kier alpha value is -3.06. The maximum Gasteiger partial charge on any atom is 0.341 e. The normalized spacial score (nSPS) is 10.1. The summed E-state index contributed by atoms with van der Waals surface area (Å²) in [5.74, 6) is 0.788. The van der Waals surface area contributed by atoms with E-state index in [0.29, 0.717) is 39.5 Å². The third-order valence-electron chi connectivity index (χ3n) is 4.03. The Balaban J connectivity index is 0.00000280. The van der Waals surface area contributed by atoms with E-state index in [0.717, 1.165) is 5.69 Å². The molecule has 3 rings (SSSR count). The van der Waals surface area contributed by atoms with Crippen molar-refractivity contribution in [3.8, 4) is 11.5 Å². The van der Waals surface area contributed by atoms with Crippen molar-refractivity contribution in [3.05, 3.63) is 47.8 Å². The van der Waals surface area contributed by atoms with E-state index in [4.69, 9.17) is 14.2 Å². The van der Waals surface area contributed by atoms with Gasteiger partial charge in [-0.3, -0.25) is 0 Å². The summed E-state index contributed by atoms with van der Waals surface area (Å²) >= 11 is 0. The van der Waals surface area contributed by atoms with Crippen molar-refractivity contribution in [3.63, 3.8) is 0 Å². The number of hydrogen-bond acceptors (Lipinski definition) is 7. The van der Waals surface area contributed by atoms with Gasteiger partial charge in [-0.2, -0.15) is 0 Å². The summed E-state index contributed by atoms with van der Waals surface area (Å²) in [7, 11) is 3.16. The average Bonchev–Trinajstić information content (AvgIpc) is 2.68. The molecule has 2 heterocycles. The van der Waals surface area contributed by atoms with Gasteiger partial charge in [-0.25, -0.2) is 14.8 Å². The minimum Gasteiger partial charge on any atom is -0.497 e. The van der Waals surface area contributed by atoms with Crippen LogP contribution in [-0.4, -0.2) is 36.8 Å². The molecule has 0 radical (unpaired) electrons. The summed E-state index contributed by atoms with van der Waals surface area (Å²) in [5, 5.41) is 4.00. The predicted octanol–water partition coefficient (Wildman–Crippen LogP) is 4.30. The molecule has 0 spiro atoms. The number of carbonyl (C=O) groups is 1. The number of ether oxygens (including phenoxy) is 3. The second-order valence-corrected chi connectivity index (χ2v) is 5.78. The van der Waals surface area contributed by atoms with E-state index in [9.17, 15) is 4.79 Å². The molecule has 0 amide bonds. The Kier molecular flexibility index (Phi) is 7.00. The van der Waals surface area contributed by atoms with Crippen LogP contribution in [0.4, 0.5) is 11.4 Å². The highest BCUT2D eigenvalue weighted by Gasteiger charge is 2.19. The molecular weight excluding hydrogens is 382 g/mol. The zero-order valence-corrected chi connectivity index (χ0v) is 16.9. The fraction of sp³-hybridized carbons (Fsp3) is 0.250. The molecule has 3 aromatic rings. The maximum absolute atomic E-state index is 12.4. The van der Waals surface area contributed by atoms with Crippen molar-refractivity contribution >= 4 is 40.8 Å². The minimum atomic E-state index is -0.456. The molecule has 2 aromatic heterocycles. The summed E-state index contributed by atoms with van der Waals surface area (Å²) < 4.78 is 15.9. The Morgan fingerprint density at radius 2 is 1.93 bits per heavy atom. The van der Waals surface area contributed by atoms with Crippen LogP contribution in [0.2, 0.25) is 0 Å². The van der Waals surface area contributed by atoms with E-state index in [1.165, 1.54) is 6.20 Å². The number of methoxy groups -OCH3 is 2. The summed E-state index contributed by atoms with van der Waals surface area (Å²) in [6.07, 6.45) is 1.48. The first-order valence-electron chi connectivity index (χ1n) is 8.50. The molecule has 8 heteroatoms. The van der Waals surface area contributed by atoms with Gasteiger partial charge in [0.05, 0.1) is 32.2 Å². The third kappa shape index (κ3) is 4.26. The monoisotopic (exact) mass is 403 g/mol. The predicted molar refractivity (Wildman–Crippen MR) is 110 cm³/mol. The van der Waals surface area contributed by atoms with Crippen LogP contribution in [0.5, 0.6) is 11.5 Å². The van der Waals surface area contributed by atoms with E-state index in [2.05, 4.69) is 15.3 Å². The molecule has 0 aliphatic carbocycles. The number of fused-ring (bicyclic) bond motifs is 1. The van der Waals surface area contributed by atoms with Crippen molar-refractivity contribution < 1.29 is 19.0 Å². The van der Waals surface area contributed by atoms with Gasteiger partial charge in [-0.1, -0.05) is 0 Å². The summed E-state index contributed by atoms with van der Waals surface area (Å²) in [4.78, 5) is 21.2. The molecule has 1 N–H and O–H groups in total. The minimum absolute atomic E-state index is 0.